The van der Waals surface area contributed by atoms with Crippen LogP contribution in [0, 0.1) is 6.92 Å². The molecule has 5 heterocycles. The first-order chi connectivity index (χ1) is 26.9. The maximum Gasteiger partial charge on any atom is 0.416 e. The van der Waals surface area contributed by atoms with Crippen LogP contribution in [0.15, 0.2) is 65.7 Å². The summed E-state index contributed by atoms with van der Waals surface area (Å²) in [5.74, 6) is -0.240. The van der Waals surface area contributed by atoms with Crippen molar-refractivity contribution in [3.8, 4) is 5.75 Å². The van der Waals surface area contributed by atoms with Crippen LogP contribution in [-0.4, -0.2) is 85.2 Å². The zero-order valence-electron chi connectivity index (χ0n) is 30.5. The minimum Gasteiger partial charge on any atom is -0.485 e. The predicted octanol–water partition coefficient (Wildman–Crippen LogP) is 5.21. The standard InChI is InChI=1S/C38H37ClF3N9O5/c1-3-29-32(48-13-15-49(16-14-48)35(53)31-33(23(2)43-22-44-31)56-21-24-7-5-4-6-8-24)36(54)51-37(46-34(47-51)25-11-17-55-18-12-25)50(29)20-30(52)45-28-10-9-26(19-27(28)39)38(40,41)42/h4-11,19,22H,3,12-18,20-21H2,1-2H3,(H,45,52). The van der Waals surface area contributed by atoms with Crippen LogP contribution in [0.1, 0.15) is 52.2 Å². The average Bonchev–Trinajstić information content (AvgIpc) is 3.65. The number of alkyl halides is 3. The number of aromatic nitrogens is 6. The van der Waals surface area contributed by atoms with Crippen molar-refractivity contribution in [2.24, 2.45) is 0 Å². The molecule has 0 spiro atoms. The Hall–Kier alpha value is -5.81. The summed E-state index contributed by atoms with van der Waals surface area (Å²) in [7, 11) is 0. The van der Waals surface area contributed by atoms with Crippen molar-refractivity contribution in [3.05, 3.63) is 110 Å². The van der Waals surface area contributed by atoms with Gasteiger partial charge in [0.1, 0.15) is 25.2 Å². The number of aryl methyl sites for hydroxylation is 1. The molecule has 18 heteroatoms. The number of rotatable bonds is 10. The second-order valence-electron chi connectivity index (χ2n) is 13.2. The maximum atomic E-state index is 14.3. The van der Waals surface area contributed by atoms with Crippen molar-refractivity contribution < 1.29 is 32.2 Å². The lowest BCUT2D eigenvalue weighted by molar-refractivity contribution is -0.137. The van der Waals surface area contributed by atoms with E-state index in [4.69, 9.17) is 26.1 Å². The zero-order chi connectivity index (χ0) is 39.6. The van der Waals surface area contributed by atoms with Crippen molar-refractivity contribution in [1.29, 1.82) is 0 Å². The number of amides is 2. The Bertz CT molecular complexity index is 2370. The van der Waals surface area contributed by atoms with Gasteiger partial charge in [-0.05, 0) is 49.1 Å². The highest BCUT2D eigenvalue weighted by atomic mass is 35.5. The first-order valence-corrected chi connectivity index (χ1v) is 18.3. The molecule has 0 radical (unpaired) electrons. The number of nitrogens with zero attached hydrogens (tertiary/aromatic N) is 8. The SMILES string of the molecule is CCc1c(N2CCN(C(=O)c3ncnc(C)c3OCc3ccccc3)CC2)c(=O)n2nc(C3=CCOCC3)nc2n1CC(=O)Nc1ccc(C(F)(F)F)cc1Cl. The molecule has 1 N–H and O–H groups in total. The van der Waals surface area contributed by atoms with Crippen LogP contribution in [-0.2, 0) is 35.3 Å². The lowest BCUT2D eigenvalue weighted by Gasteiger charge is -2.36. The van der Waals surface area contributed by atoms with Gasteiger partial charge in [-0.25, -0.2) is 9.97 Å². The normalized spacial score (nSPS) is 14.9. The number of ether oxygens (including phenoxy) is 2. The number of halogens is 4. The number of hydrogen-bond acceptors (Lipinski definition) is 10. The Morgan fingerprint density at radius 2 is 1.82 bits per heavy atom. The second kappa shape index (κ2) is 16.1. The molecule has 2 aliphatic rings. The Kier molecular flexibility index (Phi) is 11.1. The Morgan fingerprint density at radius 3 is 2.50 bits per heavy atom. The third kappa shape index (κ3) is 7.95. The van der Waals surface area contributed by atoms with E-state index in [-0.39, 0.29) is 73.1 Å². The first-order valence-electron chi connectivity index (χ1n) is 17.9. The van der Waals surface area contributed by atoms with E-state index in [0.717, 1.165) is 33.9 Å². The summed E-state index contributed by atoms with van der Waals surface area (Å²) < 4.78 is 54.0. The van der Waals surface area contributed by atoms with E-state index in [1.165, 1.54) is 6.33 Å². The molecule has 0 unspecified atom stereocenters. The van der Waals surface area contributed by atoms with Gasteiger partial charge in [0.05, 0.1) is 40.9 Å². The summed E-state index contributed by atoms with van der Waals surface area (Å²) in [5.41, 5.74) is 1.71. The van der Waals surface area contributed by atoms with Crippen molar-refractivity contribution in [1.82, 2.24) is 34.0 Å². The van der Waals surface area contributed by atoms with Crippen LogP contribution in [0.5, 0.6) is 5.75 Å². The Balaban J connectivity index is 1.17. The molecule has 0 bridgehead atoms. The van der Waals surface area contributed by atoms with Crippen molar-refractivity contribution >= 4 is 46.1 Å². The number of hydrogen-bond donors (Lipinski definition) is 1. The van der Waals surface area contributed by atoms with Crippen molar-refractivity contribution in [2.75, 3.05) is 49.6 Å². The van der Waals surface area contributed by atoms with Gasteiger partial charge >= 0.3 is 6.18 Å². The number of carbonyl (C=O) groups excluding carboxylic acids is 2. The fourth-order valence-corrected chi connectivity index (χ4v) is 6.95. The molecule has 0 aliphatic carbocycles. The van der Waals surface area contributed by atoms with Crippen molar-refractivity contribution in [3.63, 3.8) is 0 Å². The number of benzene rings is 2. The Morgan fingerprint density at radius 1 is 1.05 bits per heavy atom. The van der Waals surface area contributed by atoms with E-state index in [1.807, 2.05) is 48.2 Å². The van der Waals surface area contributed by atoms with Gasteiger partial charge in [-0.2, -0.15) is 22.7 Å². The molecule has 2 amide bonds. The van der Waals surface area contributed by atoms with Crippen molar-refractivity contribution in [2.45, 2.75) is 46.0 Å². The van der Waals surface area contributed by atoms with E-state index >= 15 is 0 Å². The highest BCUT2D eigenvalue weighted by Gasteiger charge is 2.33. The molecular formula is C38H37ClF3N9O5. The predicted molar refractivity (Wildman–Crippen MR) is 201 cm³/mol. The minimum absolute atomic E-state index is 0.0113. The molecule has 2 aliphatic heterocycles. The summed E-state index contributed by atoms with van der Waals surface area (Å²) in [5, 5.41) is 6.89. The number of nitrogens with one attached hydrogen (secondary N) is 1. The van der Waals surface area contributed by atoms with Crippen LogP contribution in [0.4, 0.5) is 24.5 Å². The molecular weight excluding hydrogens is 755 g/mol. The van der Waals surface area contributed by atoms with Gasteiger partial charge in [0, 0.05) is 26.2 Å². The summed E-state index contributed by atoms with van der Waals surface area (Å²) in [6.07, 6.45) is -0.633. The van der Waals surface area contributed by atoms with Crippen LogP contribution < -0.4 is 20.5 Å². The van der Waals surface area contributed by atoms with E-state index in [1.54, 1.807) is 16.4 Å². The highest BCUT2D eigenvalue weighted by molar-refractivity contribution is 6.33. The smallest absolute Gasteiger partial charge is 0.416 e. The van der Waals surface area contributed by atoms with Gasteiger partial charge in [-0.1, -0.05) is 54.9 Å². The summed E-state index contributed by atoms with van der Waals surface area (Å²) in [4.78, 5) is 58.5. The number of anilines is 2. The van der Waals surface area contributed by atoms with Gasteiger partial charge in [0.2, 0.25) is 11.7 Å². The molecule has 292 valence electrons. The Labute approximate surface area is 323 Å². The molecule has 2 aromatic carbocycles. The highest BCUT2D eigenvalue weighted by Crippen LogP contribution is 2.34. The summed E-state index contributed by atoms with van der Waals surface area (Å²) >= 11 is 6.15. The topological polar surface area (TPSA) is 149 Å². The number of carbonyl (C=O) groups is 2. The van der Waals surface area contributed by atoms with Crippen LogP contribution in [0.2, 0.25) is 5.02 Å². The molecule has 7 rings (SSSR count). The van der Waals surface area contributed by atoms with Crippen LogP contribution in [0.3, 0.4) is 0 Å². The maximum absolute atomic E-state index is 14.3. The zero-order valence-corrected chi connectivity index (χ0v) is 31.2. The van der Waals surface area contributed by atoms with Crippen LogP contribution >= 0.6 is 11.6 Å². The summed E-state index contributed by atoms with van der Waals surface area (Å²) in [6, 6.07) is 12.2. The molecule has 56 heavy (non-hydrogen) atoms. The molecule has 14 nitrogen and oxygen atoms in total. The third-order valence-electron chi connectivity index (χ3n) is 9.58. The lowest BCUT2D eigenvalue weighted by Crippen LogP contribution is -2.51. The van der Waals surface area contributed by atoms with Gasteiger partial charge in [0.15, 0.2) is 17.3 Å². The fourth-order valence-electron chi connectivity index (χ4n) is 6.72. The number of piperazine rings is 1. The second-order valence-corrected chi connectivity index (χ2v) is 13.6. The molecule has 1 fully saturated rings. The van der Waals surface area contributed by atoms with E-state index in [0.29, 0.717) is 49.0 Å². The minimum atomic E-state index is -4.61. The molecule has 3 aromatic heterocycles. The van der Waals surface area contributed by atoms with Crippen LogP contribution in [0.25, 0.3) is 11.4 Å². The lowest BCUT2D eigenvalue weighted by atomic mass is 10.1. The fraction of sp³-hybridized carbons (Fsp3) is 0.342. The quantitative estimate of drug-likeness (QED) is 0.200. The monoisotopic (exact) mass is 791 g/mol. The molecule has 5 aromatic rings. The summed E-state index contributed by atoms with van der Waals surface area (Å²) in [6.45, 7) is 5.26. The molecule has 0 saturated carbocycles. The van der Waals surface area contributed by atoms with Gasteiger partial charge in [-0.15, -0.1) is 5.10 Å². The first kappa shape index (κ1) is 38.5. The molecule has 0 atom stereocenters. The number of fused-ring (bicyclic) bond motifs is 1. The van der Waals surface area contributed by atoms with Gasteiger partial charge in [0.25, 0.3) is 11.5 Å². The van der Waals surface area contributed by atoms with E-state index in [2.05, 4.69) is 20.4 Å². The van der Waals surface area contributed by atoms with E-state index < -0.39 is 23.2 Å². The van der Waals surface area contributed by atoms with E-state index in [9.17, 15) is 27.6 Å². The van der Waals surface area contributed by atoms with Gasteiger partial charge in [-0.3, -0.25) is 14.4 Å². The largest absolute Gasteiger partial charge is 0.485 e. The van der Waals surface area contributed by atoms with Gasteiger partial charge < -0.3 is 29.2 Å². The molecule has 1 saturated heterocycles. The average molecular weight is 792 g/mol. The third-order valence-corrected chi connectivity index (χ3v) is 9.89.